The second kappa shape index (κ2) is 21.1. The Morgan fingerprint density at radius 3 is 1.42 bits per heavy atom. The summed E-state index contributed by atoms with van der Waals surface area (Å²) in [5, 5.41) is 6.99. The largest absolute Gasteiger partial charge is 0.455 e. The molecule has 0 bridgehead atoms. The van der Waals surface area contributed by atoms with Gasteiger partial charge < -0.3 is 18.5 Å². The van der Waals surface area contributed by atoms with Gasteiger partial charge in [0.2, 0.25) is 0 Å². The smallest absolute Gasteiger partial charge is 0.252 e. The quantitative estimate of drug-likeness (QED) is 0.135. The maximum atomic E-state index is 7.09. The van der Waals surface area contributed by atoms with E-state index in [2.05, 4.69) is 354 Å². The molecule has 95 heavy (non-hydrogen) atoms. The number of hydrogen-bond donors (Lipinski definition) is 0. The first-order valence-electron chi connectivity index (χ1n) is 32.8. The van der Waals surface area contributed by atoms with Crippen molar-refractivity contribution >= 4 is 106 Å². The molecule has 0 fully saturated rings. The Morgan fingerprint density at radius 2 is 0.747 bits per heavy atom. The highest BCUT2D eigenvalue weighted by molar-refractivity contribution is 7.00. The normalized spacial score (nSPS) is 12.4. The molecule has 5 heteroatoms. The monoisotopic (exact) mass is 1210 g/mol. The number of anilines is 3. The summed E-state index contributed by atoms with van der Waals surface area (Å²) >= 11 is 0. The highest BCUT2D eigenvalue weighted by Gasteiger charge is 2.45. The van der Waals surface area contributed by atoms with E-state index in [-0.39, 0.29) is 6.71 Å². The van der Waals surface area contributed by atoms with Crippen LogP contribution >= 0.6 is 0 Å². The van der Waals surface area contributed by atoms with Crippen molar-refractivity contribution in [2.75, 3.05) is 4.90 Å². The zero-order valence-corrected chi connectivity index (χ0v) is 51.7. The van der Waals surface area contributed by atoms with Gasteiger partial charge in [0.15, 0.2) is 0 Å². The molecule has 20 rings (SSSR count). The van der Waals surface area contributed by atoms with Gasteiger partial charge in [-0.2, -0.15) is 0 Å². The molecule has 0 unspecified atom stereocenters. The van der Waals surface area contributed by atoms with Gasteiger partial charge in [-0.15, -0.1) is 0 Å². The number of aromatic nitrogens is 2. The average Bonchev–Trinajstić information content (AvgIpc) is 1.63. The van der Waals surface area contributed by atoms with Crippen molar-refractivity contribution in [2.45, 2.75) is 0 Å². The average molecular weight is 1210 g/mol. The van der Waals surface area contributed by atoms with Crippen LogP contribution in [0.15, 0.2) is 344 Å². The lowest BCUT2D eigenvalue weighted by molar-refractivity contribution is 0.670. The number of nitrogens with zero attached hydrogens (tertiary/aromatic N) is 3. The third-order valence-electron chi connectivity index (χ3n) is 20.2. The molecule has 440 valence electrons. The number of rotatable bonds is 9. The Labute approximate surface area is 549 Å². The second-order valence-corrected chi connectivity index (χ2v) is 25.4. The molecule has 0 aliphatic carbocycles. The van der Waals surface area contributed by atoms with E-state index in [1.807, 2.05) is 0 Å². The number of hydrogen-bond acceptors (Lipinski definition) is 2. The molecule has 18 aromatic rings. The third-order valence-corrected chi connectivity index (χ3v) is 20.2. The zero-order valence-electron chi connectivity index (χ0n) is 51.7. The zero-order chi connectivity index (χ0) is 62.2. The van der Waals surface area contributed by atoms with Gasteiger partial charge in [0.1, 0.15) is 11.2 Å². The first kappa shape index (κ1) is 53.2. The summed E-state index contributed by atoms with van der Waals surface area (Å²) in [6.45, 7) is -0.246. The molecule has 3 aromatic heterocycles. The van der Waals surface area contributed by atoms with E-state index in [1.54, 1.807) is 0 Å². The van der Waals surface area contributed by atoms with Crippen molar-refractivity contribution in [1.82, 2.24) is 9.13 Å². The molecular formula is C90H56BN3O. The second-order valence-electron chi connectivity index (χ2n) is 25.4. The van der Waals surface area contributed by atoms with Crippen LogP contribution in [-0.2, 0) is 0 Å². The van der Waals surface area contributed by atoms with Crippen LogP contribution in [-0.4, -0.2) is 15.8 Å². The van der Waals surface area contributed by atoms with Crippen molar-refractivity contribution in [2.24, 2.45) is 0 Å². The fourth-order valence-corrected chi connectivity index (χ4v) is 16.1. The molecular weight excluding hydrogens is 1150 g/mol. The van der Waals surface area contributed by atoms with Crippen LogP contribution in [0.5, 0.6) is 0 Å². The van der Waals surface area contributed by atoms with Crippen molar-refractivity contribution in [3.05, 3.63) is 340 Å². The standard InChI is InChI=1S/C90H56BN3O/c1-6-24-57(25-7-1)61-32-20-34-64(48-61)69-40-22-41-70(65-35-21-33-62(49-65)58-26-8-2-9-27-58)88(69)94-83-55-76-72-38-16-18-44-80(72)92(68-36-14-5-15-37-68)82(76)56-78(83)91-79-52-66(60-30-12-4-13-31-60)51-77-75-50-63(59-28-10-3-11-29-59)46-47-81(75)93(89(77)79)84-53-67(54-85(94)87(84)91)71-42-23-43-74-73-39-17-19-45-86(73)95-90(71)74/h1-56H. The maximum absolute atomic E-state index is 7.09. The van der Waals surface area contributed by atoms with Gasteiger partial charge in [-0.25, -0.2) is 0 Å². The predicted octanol–water partition coefficient (Wildman–Crippen LogP) is 22.1. The highest BCUT2D eigenvalue weighted by atomic mass is 16.3. The van der Waals surface area contributed by atoms with E-state index >= 15 is 0 Å². The van der Waals surface area contributed by atoms with Gasteiger partial charge in [-0.1, -0.05) is 261 Å². The van der Waals surface area contributed by atoms with Gasteiger partial charge in [-0.3, -0.25) is 0 Å². The minimum Gasteiger partial charge on any atom is -0.455 e. The Morgan fingerprint density at radius 1 is 0.253 bits per heavy atom. The van der Waals surface area contributed by atoms with Gasteiger partial charge in [0.05, 0.1) is 22.2 Å². The third kappa shape index (κ3) is 8.22. The lowest BCUT2D eigenvalue weighted by atomic mass is 9.33. The van der Waals surface area contributed by atoms with Crippen molar-refractivity contribution in [3.63, 3.8) is 0 Å². The van der Waals surface area contributed by atoms with Crippen LogP contribution in [0, 0.1) is 0 Å². The molecule has 0 amide bonds. The predicted molar refractivity (Wildman–Crippen MR) is 400 cm³/mol. The van der Waals surface area contributed by atoms with Crippen LogP contribution in [0.2, 0.25) is 0 Å². The Bertz CT molecular complexity index is 6050. The van der Waals surface area contributed by atoms with E-state index < -0.39 is 0 Å². The van der Waals surface area contributed by atoms with Crippen molar-refractivity contribution in [1.29, 1.82) is 0 Å². The fourth-order valence-electron chi connectivity index (χ4n) is 16.1. The molecule has 0 radical (unpaired) electrons. The highest BCUT2D eigenvalue weighted by Crippen LogP contribution is 2.53. The first-order valence-corrected chi connectivity index (χ1v) is 32.8. The molecule has 0 spiro atoms. The van der Waals surface area contributed by atoms with Crippen molar-refractivity contribution in [3.8, 4) is 89.3 Å². The minimum absolute atomic E-state index is 0.246. The van der Waals surface area contributed by atoms with E-state index in [1.165, 1.54) is 76.8 Å². The van der Waals surface area contributed by atoms with Gasteiger partial charge >= 0.3 is 0 Å². The van der Waals surface area contributed by atoms with Crippen LogP contribution in [0.3, 0.4) is 0 Å². The topological polar surface area (TPSA) is 26.2 Å². The van der Waals surface area contributed by atoms with Gasteiger partial charge in [0, 0.05) is 77.3 Å². The van der Waals surface area contributed by atoms with Gasteiger partial charge in [-0.05, 0) is 156 Å². The van der Waals surface area contributed by atoms with E-state index in [0.29, 0.717) is 0 Å². The Hall–Kier alpha value is -12.4. The van der Waals surface area contributed by atoms with Gasteiger partial charge in [0.25, 0.3) is 6.71 Å². The summed E-state index contributed by atoms with van der Waals surface area (Å²) in [4.78, 5) is 2.69. The molecule has 2 aliphatic rings. The summed E-state index contributed by atoms with van der Waals surface area (Å²) < 4.78 is 12.2. The SMILES string of the molecule is c1ccc(-c2cccc(-c3cccc(-c4cccc(-c5ccccc5)c4)c3N3c4cc5c6ccccc6n(-c6ccccc6)c5cc4B4c5c3cc(-c3cccc6c3oc3ccccc36)cc5-n3c5ccc(-c6ccccc6)cc5c5cc(-c6ccccc6)cc4c53)c2)cc1. The summed E-state index contributed by atoms with van der Waals surface area (Å²) in [7, 11) is 0. The summed E-state index contributed by atoms with van der Waals surface area (Å²) in [5.74, 6) is 0. The number of furan rings is 1. The Balaban J connectivity index is 0.982. The lowest BCUT2D eigenvalue weighted by Crippen LogP contribution is -2.60. The van der Waals surface area contributed by atoms with E-state index in [0.717, 1.165) is 111 Å². The molecule has 5 heterocycles. The van der Waals surface area contributed by atoms with Crippen LogP contribution in [0.25, 0.3) is 155 Å². The molecule has 0 saturated heterocycles. The lowest BCUT2D eigenvalue weighted by Gasteiger charge is -2.42. The summed E-state index contributed by atoms with van der Waals surface area (Å²) in [6.07, 6.45) is 0. The van der Waals surface area contributed by atoms with E-state index in [9.17, 15) is 0 Å². The number of benzene rings is 15. The minimum atomic E-state index is -0.246. The maximum Gasteiger partial charge on any atom is 0.252 e. The first-order chi connectivity index (χ1) is 47.1. The summed E-state index contributed by atoms with van der Waals surface area (Å²) in [6, 6.07) is 126. The van der Waals surface area contributed by atoms with E-state index in [4.69, 9.17) is 4.42 Å². The summed E-state index contributed by atoms with van der Waals surface area (Å²) in [5.41, 5.74) is 31.7. The fraction of sp³-hybridized carbons (Fsp3) is 0. The molecule has 0 saturated carbocycles. The number of fused-ring (bicyclic) bond motifs is 13. The molecule has 15 aromatic carbocycles. The van der Waals surface area contributed by atoms with Crippen LogP contribution in [0.4, 0.5) is 17.1 Å². The van der Waals surface area contributed by atoms with Crippen LogP contribution in [0.1, 0.15) is 0 Å². The molecule has 0 N–H and O–H groups in total. The van der Waals surface area contributed by atoms with Crippen molar-refractivity contribution < 1.29 is 4.42 Å². The Kier molecular flexibility index (Phi) is 11.8. The molecule has 0 atom stereocenters. The molecule has 4 nitrogen and oxygen atoms in total. The number of para-hydroxylation sites is 5. The molecule has 2 aliphatic heterocycles. The van der Waals surface area contributed by atoms with Crippen LogP contribution < -0.4 is 21.3 Å².